The summed E-state index contributed by atoms with van der Waals surface area (Å²) in [5.74, 6) is 0.776. The van der Waals surface area contributed by atoms with Crippen LogP contribution >= 0.6 is 0 Å². The van der Waals surface area contributed by atoms with E-state index in [9.17, 15) is 9.59 Å². The lowest BCUT2D eigenvalue weighted by atomic mass is 10.2. The van der Waals surface area contributed by atoms with Gasteiger partial charge in [0.05, 0.1) is 25.9 Å². The molecule has 2 fully saturated rings. The Bertz CT molecular complexity index is 601. The van der Waals surface area contributed by atoms with Crippen molar-refractivity contribution in [1.82, 2.24) is 15.8 Å². The molecule has 25 heavy (non-hydrogen) atoms. The first-order valence-electron chi connectivity index (χ1n) is 8.59. The van der Waals surface area contributed by atoms with Crippen molar-refractivity contribution < 1.29 is 19.1 Å². The monoisotopic (exact) mass is 348 g/mol. The van der Waals surface area contributed by atoms with E-state index >= 15 is 0 Å². The van der Waals surface area contributed by atoms with Crippen LogP contribution in [0, 0.1) is 0 Å². The summed E-state index contributed by atoms with van der Waals surface area (Å²) in [7, 11) is 0. The first-order valence-corrected chi connectivity index (χ1v) is 8.59. The molecule has 1 aromatic rings. The molecule has 8 heteroatoms. The van der Waals surface area contributed by atoms with Gasteiger partial charge in [0.25, 0.3) is 0 Å². The number of nitrogens with one attached hydrogen (secondary N) is 2. The van der Waals surface area contributed by atoms with Gasteiger partial charge < -0.3 is 19.7 Å². The van der Waals surface area contributed by atoms with Crippen LogP contribution < -0.4 is 20.4 Å². The lowest BCUT2D eigenvalue weighted by Gasteiger charge is -2.27. The van der Waals surface area contributed by atoms with E-state index in [2.05, 4.69) is 10.7 Å². The summed E-state index contributed by atoms with van der Waals surface area (Å²) in [4.78, 5) is 26.0. The smallest absolute Gasteiger partial charge is 0.329 e. The lowest BCUT2D eigenvalue weighted by molar-refractivity contribution is -0.117. The van der Waals surface area contributed by atoms with E-state index in [1.54, 1.807) is 4.90 Å². The van der Waals surface area contributed by atoms with Gasteiger partial charge in [0, 0.05) is 31.7 Å². The molecular formula is C17H24N4O4. The van der Waals surface area contributed by atoms with E-state index in [1.165, 1.54) is 0 Å². The van der Waals surface area contributed by atoms with Gasteiger partial charge in [0.15, 0.2) is 0 Å². The molecule has 1 atom stereocenters. The molecule has 2 saturated heterocycles. The van der Waals surface area contributed by atoms with Gasteiger partial charge in [-0.3, -0.25) is 10.2 Å². The summed E-state index contributed by atoms with van der Waals surface area (Å²) in [6.45, 7) is 5.53. The Morgan fingerprint density at radius 1 is 1.28 bits per heavy atom. The van der Waals surface area contributed by atoms with Gasteiger partial charge in [-0.1, -0.05) is 0 Å². The molecule has 2 N–H and O–H groups in total. The Morgan fingerprint density at radius 3 is 2.68 bits per heavy atom. The van der Waals surface area contributed by atoms with Crippen LogP contribution in [0.5, 0.6) is 5.75 Å². The standard InChI is InChI=1S/C17H24N4O4/c1-2-25-15-5-3-14(4-6-15)21-12-13(11-16(21)22)18-17(23)19-20-7-9-24-10-8-20/h3-6,13H,2,7-12H2,1H3,(H2,18,19,23). The van der Waals surface area contributed by atoms with Gasteiger partial charge in [-0.2, -0.15) is 0 Å². The fourth-order valence-electron chi connectivity index (χ4n) is 2.98. The summed E-state index contributed by atoms with van der Waals surface area (Å²) >= 11 is 0. The number of anilines is 1. The number of rotatable bonds is 5. The van der Waals surface area contributed by atoms with Gasteiger partial charge in [0.1, 0.15) is 5.75 Å². The number of amides is 3. The van der Waals surface area contributed by atoms with Crippen molar-refractivity contribution in [1.29, 1.82) is 0 Å². The second kappa shape index (κ2) is 8.17. The van der Waals surface area contributed by atoms with Crippen molar-refractivity contribution in [2.24, 2.45) is 0 Å². The number of morpholine rings is 1. The number of carbonyl (C=O) groups excluding carboxylic acids is 2. The molecule has 1 aromatic carbocycles. The summed E-state index contributed by atoms with van der Waals surface area (Å²) < 4.78 is 10.7. The first-order chi connectivity index (χ1) is 12.2. The number of hydrogen-bond acceptors (Lipinski definition) is 5. The molecule has 0 radical (unpaired) electrons. The molecule has 0 bridgehead atoms. The van der Waals surface area contributed by atoms with Crippen LogP contribution in [0.25, 0.3) is 0 Å². The molecule has 1 unspecified atom stereocenters. The predicted molar refractivity (Wildman–Crippen MR) is 92.4 cm³/mol. The average molecular weight is 348 g/mol. The summed E-state index contributed by atoms with van der Waals surface area (Å²) in [6, 6.07) is 6.92. The second-order valence-electron chi connectivity index (χ2n) is 6.02. The number of benzene rings is 1. The van der Waals surface area contributed by atoms with Crippen molar-refractivity contribution in [3.8, 4) is 5.75 Å². The van der Waals surface area contributed by atoms with E-state index < -0.39 is 0 Å². The maximum atomic E-state index is 12.3. The highest BCUT2D eigenvalue weighted by Gasteiger charge is 2.31. The summed E-state index contributed by atoms with van der Waals surface area (Å²) in [6.07, 6.45) is 0.295. The molecule has 136 valence electrons. The fourth-order valence-corrected chi connectivity index (χ4v) is 2.98. The Morgan fingerprint density at radius 2 is 2.00 bits per heavy atom. The third-order valence-electron chi connectivity index (χ3n) is 4.19. The molecular weight excluding hydrogens is 324 g/mol. The van der Waals surface area contributed by atoms with Crippen molar-refractivity contribution in [3.05, 3.63) is 24.3 Å². The van der Waals surface area contributed by atoms with Crippen LogP contribution in [-0.2, 0) is 9.53 Å². The Labute approximate surface area is 147 Å². The third kappa shape index (κ3) is 4.61. The van der Waals surface area contributed by atoms with Crippen LogP contribution in [0.4, 0.5) is 10.5 Å². The SMILES string of the molecule is CCOc1ccc(N2CC(NC(=O)NN3CCOCC3)CC2=O)cc1. The minimum absolute atomic E-state index is 0.000771. The molecule has 2 heterocycles. The lowest BCUT2D eigenvalue weighted by Crippen LogP contribution is -2.53. The molecule has 3 rings (SSSR count). The summed E-state index contributed by atoms with van der Waals surface area (Å²) in [5.41, 5.74) is 3.61. The zero-order valence-corrected chi connectivity index (χ0v) is 14.4. The molecule has 2 aliphatic heterocycles. The van der Waals surface area contributed by atoms with Gasteiger partial charge in [-0.25, -0.2) is 9.80 Å². The van der Waals surface area contributed by atoms with E-state index in [0.717, 1.165) is 11.4 Å². The largest absolute Gasteiger partial charge is 0.494 e. The minimum Gasteiger partial charge on any atom is -0.494 e. The normalized spacial score (nSPS) is 21.2. The molecule has 8 nitrogen and oxygen atoms in total. The number of urea groups is 1. The van der Waals surface area contributed by atoms with Crippen LogP contribution in [-0.4, -0.2) is 62.4 Å². The van der Waals surface area contributed by atoms with E-state index in [0.29, 0.717) is 45.9 Å². The molecule has 0 aliphatic carbocycles. The van der Waals surface area contributed by atoms with Crippen LogP contribution in [0.15, 0.2) is 24.3 Å². The maximum absolute atomic E-state index is 12.3. The average Bonchev–Trinajstić information content (AvgIpc) is 2.97. The van der Waals surface area contributed by atoms with Crippen LogP contribution in [0.1, 0.15) is 13.3 Å². The molecule has 2 aliphatic rings. The molecule has 0 saturated carbocycles. The number of carbonyl (C=O) groups is 2. The zero-order valence-electron chi connectivity index (χ0n) is 14.4. The fraction of sp³-hybridized carbons (Fsp3) is 0.529. The van der Waals surface area contributed by atoms with Crippen LogP contribution in [0.2, 0.25) is 0 Å². The van der Waals surface area contributed by atoms with Crippen LogP contribution in [0.3, 0.4) is 0 Å². The van der Waals surface area contributed by atoms with Gasteiger partial charge in [-0.05, 0) is 31.2 Å². The number of hydrogen-bond donors (Lipinski definition) is 2. The number of hydrazine groups is 1. The summed E-state index contributed by atoms with van der Waals surface area (Å²) in [5, 5.41) is 4.69. The van der Waals surface area contributed by atoms with E-state index in [1.807, 2.05) is 36.2 Å². The quantitative estimate of drug-likeness (QED) is 0.820. The van der Waals surface area contributed by atoms with Gasteiger partial charge >= 0.3 is 6.03 Å². The van der Waals surface area contributed by atoms with Crippen molar-refractivity contribution in [3.63, 3.8) is 0 Å². The zero-order chi connectivity index (χ0) is 17.6. The van der Waals surface area contributed by atoms with Crippen molar-refractivity contribution in [2.75, 3.05) is 44.4 Å². The van der Waals surface area contributed by atoms with Gasteiger partial charge in [-0.15, -0.1) is 0 Å². The van der Waals surface area contributed by atoms with Crippen molar-refractivity contribution >= 4 is 17.6 Å². The highest BCUT2D eigenvalue weighted by molar-refractivity contribution is 5.96. The third-order valence-corrected chi connectivity index (χ3v) is 4.19. The Hall–Kier alpha value is -2.32. The molecule has 0 aromatic heterocycles. The highest BCUT2D eigenvalue weighted by atomic mass is 16.5. The van der Waals surface area contributed by atoms with E-state index in [4.69, 9.17) is 9.47 Å². The maximum Gasteiger partial charge on any atom is 0.329 e. The Kier molecular flexibility index (Phi) is 5.72. The molecule has 3 amide bonds. The number of nitrogens with zero attached hydrogens (tertiary/aromatic N) is 2. The number of ether oxygens (including phenoxy) is 2. The van der Waals surface area contributed by atoms with Gasteiger partial charge in [0.2, 0.25) is 5.91 Å². The highest BCUT2D eigenvalue weighted by Crippen LogP contribution is 2.24. The first kappa shape index (κ1) is 17.5. The molecule has 0 spiro atoms. The minimum atomic E-state index is -0.284. The second-order valence-corrected chi connectivity index (χ2v) is 6.02. The van der Waals surface area contributed by atoms with Crippen molar-refractivity contribution in [2.45, 2.75) is 19.4 Å². The Balaban J connectivity index is 1.52. The topological polar surface area (TPSA) is 83.1 Å². The van der Waals surface area contributed by atoms with E-state index in [-0.39, 0.29) is 18.0 Å². The predicted octanol–water partition coefficient (Wildman–Crippen LogP) is 0.737.